The number of amides is 1. The number of benzene rings is 2. The van der Waals surface area contributed by atoms with Gasteiger partial charge in [0.15, 0.2) is 0 Å². The van der Waals surface area contributed by atoms with Gasteiger partial charge in [0, 0.05) is 23.6 Å². The number of pyridine rings is 1. The molecule has 1 amide bonds. The van der Waals surface area contributed by atoms with Crippen molar-refractivity contribution in [2.75, 3.05) is 0 Å². The van der Waals surface area contributed by atoms with E-state index in [1.165, 1.54) is 0 Å². The second-order valence-electron chi connectivity index (χ2n) is 6.07. The monoisotopic (exact) mass is 370 g/mol. The van der Waals surface area contributed by atoms with Crippen molar-refractivity contribution in [1.29, 1.82) is 0 Å². The number of fused-ring (bicyclic) bond motifs is 1. The number of carbonyl (C=O) groups is 2. The van der Waals surface area contributed by atoms with Crippen LogP contribution in [-0.4, -0.2) is 28.0 Å². The molecule has 0 fully saturated rings. The van der Waals surface area contributed by atoms with Gasteiger partial charge in [-0.15, -0.1) is 0 Å². The maximum absolute atomic E-state index is 13.7. The van der Waals surface area contributed by atoms with Gasteiger partial charge in [0.2, 0.25) is 5.91 Å². The molecule has 1 heterocycles. The van der Waals surface area contributed by atoms with Crippen LogP contribution in [0.4, 0.5) is 8.78 Å². The zero-order chi connectivity index (χ0) is 19.4. The van der Waals surface area contributed by atoms with E-state index in [1.807, 2.05) is 30.3 Å². The van der Waals surface area contributed by atoms with Crippen LogP contribution in [0, 0.1) is 11.6 Å². The second-order valence-corrected chi connectivity index (χ2v) is 6.07. The SMILES string of the molecule is O=C(Cc1ccc(F)cc1F)N[C@H](Cc1ccc2ccccc2n1)C(=O)O. The molecule has 2 aromatic carbocycles. The smallest absolute Gasteiger partial charge is 0.326 e. The van der Waals surface area contributed by atoms with Crippen LogP contribution in [0.5, 0.6) is 0 Å². The highest BCUT2D eigenvalue weighted by Crippen LogP contribution is 2.14. The molecule has 0 spiro atoms. The first-order valence-corrected chi connectivity index (χ1v) is 8.23. The number of aromatic nitrogens is 1. The summed E-state index contributed by atoms with van der Waals surface area (Å²) in [6, 6.07) is 12.6. The maximum atomic E-state index is 13.7. The van der Waals surface area contributed by atoms with E-state index in [1.54, 1.807) is 6.07 Å². The minimum atomic E-state index is -1.22. The molecule has 7 heteroatoms. The summed E-state index contributed by atoms with van der Waals surface area (Å²) in [5.74, 6) is -3.50. The van der Waals surface area contributed by atoms with Gasteiger partial charge in [-0.05, 0) is 23.8 Å². The summed E-state index contributed by atoms with van der Waals surface area (Å²) in [7, 11) is 0. The highest BCUT2D eigenvalue weighted by Gasteiger charge is 2.22. The number of aliphatic carboxylic acids is 1. The fourth-order valence-corrected chi connectivity index (χ4v) is 2.71. The van der Waals surface area contributed by atoms with Crippen molar-refractivity contribution < 1.29 is 23.5 Å². The van der Waals surface area contributed by atoms with Gasteiger partial charge in [-0.2, -0.15) is 0 Å². The van der Waals surface area contributed by atoms with E-state index in [4.69, 9.17) is 0 Å². The Bertz CT molecular complexity index is 1010. The molecule has 3 aromatic rings. The highest BCUT2D eigenvalue weighted by atomic mass is 19.1. The number of carbonyl (C=O) groups excluding carboxylic acids is 1. The van der Waals surface area contributed by atoms with E-state index in [-0.39, 0.29) is 18.4 Å². The number of carboxylic acid groups (broad SMARTS) is 1. The number of para-hydroxylation sites is 1. The Labute approximate surface area is 153 Å². The van der Waals surface area contributed by atoms with Crippen molar-refractivity contribution in [3.63, 3.8) is 0 Å². The molecule has 0 saturated heterocycles. The molecule has 0 aliphatic heterocycles. The lowest BCUT2D eigenvalue weighted by Crippen LogP contribution is -2.43. The number of halogens is 2. The predicted molar refractivity (Wildman–Crippen MR) is 95.1 cm³/mol. The zero-order valence-electron chi connectivity index (χ0n) is 14.2. The van der Waals surface area contributed by atoms with Crippen LogP contribution in [0.2, 0.25) is 0 Å². The van der Waals surface area contributed by atoms with Crippen LogP contribution < -0.4 is 5.32 Å². The quantitative estimate of drug-likeness (QED) is 0.699. The van der Waals surface area contributed by atoms with Crippen LogP contribution in [0.25, 0.3) is 10.9 Å². The zero-order valence-corrected chi connectivity index (χ0v) is 14.2. The van der Waals surface area contributed by atoms with Crippen molar-refractivity contribution in [3.8, 4) is 0 Å². The third kappa shape index (κ3) is 4.63. The normalized spacial score (nSPS) is 11.9. The van der Waals surface area contributed by atoms with Gasteiger partial charge in [0.1, 0.15) is 17.7 Å². The third-order valence-corrected chi connectivity index (χ3v) is 4.07. The summed E-state index contributed by atoms with van der Waals surface area (Å²) in [6.45, 7) is 0. The van der Waals surface area contributed by atoms with Crippen molar-refractivity contribution in [1.82, 2.24) is 10.3 Å². The van der Waals surface area contributed by atoms with E-state index in [0.29, 0.717) is 11.8 Å². The molecule has 0 aliphatic carbocycles. The minimum absolute atomic E-state index is 0.0122. The van der Waals surface area contributed by atoms with Gasteiger partial charge in [0.05, 0.1) is 11.9 Å². The molecular weight excluding hydrogens is 354 g/mol. The predicted octanol–water partition coefficient (Wildman–Crippen LogP) is 2.87. The Kier molecular flexibility index (Phi) is 5.40. The molecule has 0 radical (unpaired) electrons. The lowest BCUT2D eigenvalue weighted by Gasteiger charge is -2.15. The number of hydrogen-bond donors (Lipinski definition) is 2. The van der Waals surface area contributed by atoms with Crippen molar-refractivity contribution in [2.24, 2.45) is 0 Å². The standard InChI is InChI=1S/C20H16F2N2O3/c21-14-7-5-13(16(22)10-14)9-19(25)24-18(20(26)27)11-15-8-6-12-3-1-2-4-17(12)23-15/h1-8,10,18H,9,11H2,(H,24,25)(H,26,27)/t18-/m1/s1. The van der Waals surface area contributed by atoms with Crippen LogP contribution in [0.15, 0.2) is 54.6 Å². The molecule has 27 heavy (non-hydrogen) atoms. The highest BCUT2D eigenvalue weighted by molar-refractivity contribution is 5.85. The van der Waals surface area contributed by atoms with Gasteiger partial charge >= 0.3 is 5.97 Å². The molecule has 5 nitrogen and oxygen atoms in total. The Morgan fingerprint density at radius 1 is 1.07 bits per heavy atom. The Morgan fingerprint density at radius 3 is 2.59 bits per heavy atom. The molecule has 3 rings (SSSR count). The fraction of sp³-hybridized carbons (Fsp3) is 0.150. The van der Waals surface area contributed by atoms with Crippen molar-refractivity contribution >= 4 is 22.8 Å². The minimum Gasteiger partial charge on any atom is -0.480 e. The Balaban J connectivity index is 1.71. The van der Waals surface area contributed by atoms with E-state index in [9.17, 15) is 23.5 Å². The van der Waals surface area contributed by atoms with Gasteiger partial charge in [-0.1, -0.05) is 30.3 Å². The number of hydrogen-bond acceptors (Lipinski definition) is 3. The molecule has 0 bridgehead atoms. The van der Waals surface area contributed by atoms with Crippen molar-refractivity contribution in [3.05, 3.63) is 77.5 Å². The molecule has 1 aromatic heterocycles. The summed E-state index contributed by atoms with van der Waals surface area (Å²) in [5.41, 5.74) is 1.22. The Morgan fingerprint density at radius 2 is 1.85 bits per heavy atom. The summed E-state index contributed by atoms with van der Waals surface area (Å²) in [6.07, 6.45) is -0.404. The number of rotatable bonds is 6. The van der Waals surface area contributed by atoms with Crippen LogP contribution >= 0.6 is 0 Å². The first-order chi connectivity index (χ1) is 12.9. The summed E-state index contributed by atoms with van der Waals surface area (Å²) in [4.78, 5) is 28.0. The number of carboxylic acids is 1. The van der Waals surface area contributed by atoms with Crippen molar-refractivity contribution in [2.45, 2.75) is 18.9 Å². The third-order valence-electron chi connectivity index (χ3n) is 4.07. The topological polar surface area (TPSA) is 79.3 Å². The van der Waals surface area contributed by atoms with Gasteiger partial charge in [0.25, 0.3) is 0 Å². The van der Waals surface area contributed by atoms with E-state index in [0.717, 1.165) is 23.0 Å². The lowest BCUT2D eigenvalue weighted by atomic mass is 10.1. The summed E-state index contributed by atoms with van der Waals surface area (Å²) in [5, 5.41) is 12.7. The largest absolute Gasteiger partial charge is 0.480 e. The first-order valence-electron chi connectivity index (χ1n) is 8.23. The van der Waals surface area contributed by atoms with E-state index >= 15 is 0 Å². The molecule has 0 unspecified atom stereocenters. The molecule has 0 saturated carbocycles. The molecule has 2 N–H and O–H groups in total. The molecular formula is C20H16F2N2O3. The molecule has 1 atom stereocenters. The van der Waals surface area contributed by atoms with Gasteiger partial charge in [-0.3, -0.25) is 9.78 Å². The first kappa shape index (κ1) is 18.4. The maximum Gasteiger partial charge on any atom is 0.326 e. The van der Waals surface area contributed by atoms with Crippen LogP contribution in [0.1, 0.15) is 11.3 Å². The summed E-state index contributed by atoms with van der Waals surface area (Å²) < 4.78 is 26.6. The molecule has 0 aliphatic rings. The second kappa shape index (κ2) is 7.90. The molecule has 138 valence electrons. The van der Waals surface area contributed by atoms with E-state index < -0.39 is 29.6 Å². The van der Waals surface area contributed by atoms with E-state index in [2.05, 4.69) is 10.3 Å². The fourth-order valence-electron chi connectivity index (χ4n) is 2.71. The lowest BCUT2D eigenvalue weighted by molar-refractivity contribution is -0.141. The van der Waals surface area contributed by atoms with Gasteiger partial charge < -0.3 is 10.4 Å². The van der Waals surface area contributed by atoms with Crippen LogP contribution in [-0.2, 0) is 22.4 Å². The number of nitrogens with zero attached hydrogens (tertiary/aromatic N) is 1. The average Bonchev–Trinajstić information content (AvgIpc) is 2.63. The van der Waals surface area contributed by atoms with Crippen LogP contribution in [0.3, 0.4) is 0 Å². The summed E-state index contributed by atoms with van der Waals surface area (Å²) >= 11 is 0. The van der Waals surface area contributed by atoms with Gasteiger partial charge in [-0.25, -0.2) is 13.6 Å². The Hall–Kier alpha value is -3.35. The number of nitrogens with one attached hydrogen (secondary N) is 1. The average molecular weight is 370 g/mol.